The molecule has 0 heterocycles. The average molecular weight is 351 g/mol. The fourth-order valence-electron chi connectivity index (χ4n) is 3.94. The lowest BCUT2D eigenvalue weighted by Crippen LogP contribution is -2.14. The summed E-state index contributed by atoms with van der Waals surface area (Å²) in [7, 11) is 0. The van der Waals surface area contributed by atoms with Crippen LogP contribution < -0.4 is 4.74 Å². The first-order valence-corrected chi connectivity index (χ1v) is 10.0. The molecule has 0 unspecified atom stereocenters. The highest BCUT2D eigenvalue weighted by Gasteiger charge is 2.22. The molecule has 0 aliphatic heterocycles. The quantitative estimate of drug-likeness (QED) is 0.429. The highest BCUT2D eigenvalue weighted by Crippen LogP contribution is 2.37. The van der Waals surface area contributed by atoms with Crippen molar-refractivity contribution in [3.05, 3.63) is 65.2 Å². The second kappa shape index (κ2) is 9.02. The maximum atomic E-state index is 12.3. The van der Waals surface area contributed by atoms with Crippen LogP contribution in [0.1, 0.15) is 79.3 Å². The van der Waals surface area contributed by atoms with Gasteiger partial charge in [-0.1, -0.05) is 56.0 Å². The summed E-state index contributed by atoms with van der Waals surface area (Å²) in [6, 6.07) is 15.6. The summed E-state index contributed by atoms with van der Waals surface area (Å²) in [6.45, 7) is 4.29. The Bertz CT molecular complexity index is 692. The highest BCUT2D eigenvalue weighted by atomic mass is 16.5. The molecule has 138 valence electrons. The molecule has 1 aliphatic carbocycles. The molecule has 0 atom stereocenters. The van der Waals surface area contributed by atoms with Gasteiger partial charge >= 0.3 is 5.97 Å². The number of esters is 1. The summed E-state index contributed by atoms with van der Waals surface area (Å²) < 4.78 is 5.45. The largest absolute Gasteiger partial charge is 0.423 e. The fraction of sp³-hybridized carbons (Fsp3) is 0.458. The summed E-state index contributed by atoms with van der Waals surface area (Å²) in [5.74, 6) is 1.88. The SMILES string of the molecule is CCCCC1CCC(c2ccc(C(=O)Oc3ccc(C)cc3)cc2)CC1. The average Bonchev–Trinajstić information content (AvgIpc) is 2.68. The van der Waals surface area contributed by atoms with Gasteiger partial charge in [-0.3, -0.25) is 0 Å². The third-order valence-electron chi connectivity index (χ3n) is 5.66. The lowest BCUT2D eigenvalue weighted by atomic mass is 9.77. The van der Waals surface area contributed by atoms with E-state index in [1.54, 1.807) is 0 Å². The van der Waals surface area contributed by atoms with Gasteiger partial charge in [-0.25, -0.2) is 4.79 Å². The molecule has 0 N–H and O–H groups in total. The molecule has 2 nitrogen and oxygen atoms in total. The van der Waals surface area contributed by atoms with E-state index in [4.69, 9.17) is 4.74 Å². The van der Waals surface area contributed by atoms with Crippen LogP contribution >= 0.6 is 0 Å². The van der Waals surface area contributed by atoms with E-state index in [0.29, 0.717) is 17.2 Å². The van der Waals surface area contributed by atoms with Crippen LogP contribution in [-0.2, 0) is 0 Å². The molecular formula is C24H30O2. The van der Waals surface area contributed by atoms with Crippen molar-refractivity contribution in [1.82, 2.24) is 0 Å². The summed E-state index contributed by atoms with van der Waals surface area (Å²) in [5.41, 5.74) is 3.13. The zero-order chi connectivity index (χ0) is 18.4. The second-order valence-corrected chi connectivity index (χ2v) is 7.68. The van der Waals surface area contributed by atoms with Gasteiger partial charge in [0.05, 0.1) is 5.56 Å². The van der Waals surface area contributed by atoms with Crippen molar-refractivity contribution in [3.8, 4) is 5.75 Å². The summed E-state index contributed by atoms with van der Waals surface area (Å²) in [5, 5.41) is 0. The van der Waals surface area contributed by atoms with Crippen LogP contribution in [0.2, 0.25) is 0 Å². The standard InChI is InChI=1S/C24H30O2/c1-3-4-5-19-8-10-20(11-9-19)21-12-14-22(15-13-21)24(25)26-23-16-6-18(2)7-17-23/h6-7,12-17,19-20H,3-5,8-11H2,1-2H3. The first-order chi connectivity index (χ1) is 12.7. The number of unbranched alkanes of at least 4 members (excludes halogenated alkanes) is 1. The number of aryl methyl sites for hydroxylation is 1. The molecule has 3 rings (SSSR count). The number of carbonyl (C=O) groups is 1. The number of carbonyl (C=O) groups excluding carboxylic acids is 1. The molecule has 1 fully saturated rings. The molecule has 0 aromatic heterocycles. The number of hydrogen-bond donors (Lipinski definition) is 0. The van der Waals surface area contributed by atoms with E-state index in [1.807, 2.05) is 43.3 Å². The molecule has 0 amide bonds. The Morgan fingerprint density at radius 3 is 2.23 bits per heavy atom. The summed E-state index contributed by atoms with van der Waals surface area (Å²) >= 11 is 0. The van der Waals surface area contributed by atoms with E-state index in [0.717, 1.165) is 11.5 Å². The number of rotatable bonds is 6. The van der Waals surface area contributed by atoms with E-state index >= 15 is 0 Å². The molecule has 0 radical (unpaired) electrons. The van der Waals surface area contributed by atoms with Gasteiger partial charge in [-0.05, 0) is 74.3 Å². The van der Waals surface area contributed by atoms with E-state index in [-0.39, 0.29) is 5.97 Å². The Labute approximate surface area is 157 Å². The van der Waals surface area contributed by atoms with E-state index in [1.165, 1.54) is 50.5 Å². The minimum Gasteiger partial charge on any atom is -0.423 e. The van der Waals surface area contributed by atoms with Crippen LogP contribution in [0.5, 0.6) is 5.75 Å². The van der Waals surface area contributed by atoms with Gasteiger partial charge in [0.2, 0.25) is 0 Å². The van der Waals surface area contributed by atoms with Crippen molar-refractivity contribution < 1.29 is 9.53 Å². The van der Waals surface area contributed by atoms with E-state index in [9.17, 15) is 4.79 Å². The lowest BCUT2D eigenvalue weighted by molar-refractivity contribution is 0.0734. The topological polar surface area (TPSA) is 26.3 Å². The van der Waals surface area contributed by atoms with Crippen LogP contribution in [0.3, 0.4) is 0 Å². The summed E-state index contributed by atoms with van der Waals surface area (Å²) in [6.07, 6.45) is 9.33. The van der Waals surface area contributed by atoms with Crippen molar-refractivity contribution in [1.29, 1.82) is 0 Å². The van der Waals surface area contributed by atoms with Crippen LogP contribution in [0.15, 0.2) is 48.5 Å². The van der Waals surface area contributed by atoms with Crippen LogP contribution in [0.25, 0.3) is 0 Å². The van der Waals surface area contributed by atoms with Crippen molar-refractivity contribution >= 4 is 5.97 Å². The van der Waals surface area contributed by atoms with Gasteiger partial charge in [-0.2, -0.15) is 0 Å². The minimum atomic E-state index is -0.288. The van der Waals surface area contributed by atoms with Gasteiger partial charge in [0.1, 0.15) is 5.75 Å². The first-order valence-electron chi connectivity index (χ1n) is 10.0. The third kappa shape index (κ3) is 4.97. The third-order valence-corrected chi connectivity index (χ3v) is 5.66. The van der Waals surface area contributed by atoms with Crippen molar-refractivity contribution in [3.63, 3.8) is 0 Å². The fourth-order valence-corrected chi connectivity index (χ4v) is 3.94. The Morgan fingerprint density at radius 2 is 1.62 bits per heavy atom. The Hall–Kier alpha value is -2.09. The van der Waals surface area contributed by atoms with Crippen molar-refractivity contribution in [2.75, 3.05) is 0 Å². The normalized spacial score (nSPS) is 19.9. The monoisotopic (exact) mass is 350 g/mol. The molecule has 1 aliphatic rings. The molecule has 0 bridgehead atoms. The first kappa shape index (κ1) is 18.7. The number of hydrogen-bond acceptors (Lipinski definition) is 2. The Balaban J connectivity index is 1.55. The van der Waals surface area contributed by atoms with Gasteiger partial charge in [-0.15, -0.1) is 0 Å². The molecule has 2 heteroatoms. The smallest absolute Gasteiger partial charge is 0.343 e. The summed E-state index contributed by atoms with van der Waals surface area (Å²) in [4.78, 5) is 12.3. The van der Waals surface area contributed by atoms with E-state index in [2.05, 4.69) is 19.1 Å². The zero-order valence-electron chi connectivity index (χ0n) is 16.0. The van der Waals surface area contributed by atoms with Gasteiger partial charge < -0.3 is 4.74 Å². The maximum absolute atomic E-state index is 12.3. The second-order valence-electron chi connectivity index (χ2n) is 7.68. The number of ether oxygens (including phenoxy) is 1. The molecule has 26 heavy (non-hydrogen) atoms. The Morgan fingerprint density at radius 1 is 0.962 bits per heavy atom. The molecule has 0 spiro atoms. The predicted molar refractivity (Wildman–Crippen MR) is 107 cm³/mol. The molecule has 2 aromatic carbocycles. The van der Waals surface area contributed by atoms with Gasteiger partial charge in [0.15, 0.2) is 0 Å². The van der Waals surface area contributed by atoms with Crippen LogP contribution in [0, 0.1) is 12.8 Å². The van der Waals surface area contributed by atoms with Crippen molar-refractivity contribution in [2.45, 2.75) is 64.7 Å². The zero-order valence-corrected chi connectivity index (χ0v) is 16.0. The minimum absolute atomic E-state index is 0.288. The molecule has 0 saturated heterocycles. The molecular weight excluding hydrogens is 320 g/mol. The molecule has 1 saturated carbocycles. The van der Waals surface area contributed by atoms with Crippen LogP contribution in [-0.4, -0.2) is 5.97 Å². The maximum Gasteiger partial charge on any atom is 0.343 e. The lowest BCUT2D eigenvalue weighted by Gasteiger charge is -2.28. The van der Waals surface area contributed by atoms with Crippen LogP contribution in [0.4, 0.5) is 0 Å². The van der Waals surface area contributed by atoms with Gasteiger partial charge in [0.25, 0.3) is 0 Å². The number of benzene rings is 2. The predicted octanol–water partition coefficient (Wildman–Crippen LogP) is 6.68. The van der Waals surface area contributed by atoms with Crippen molar-refractivity contribution in [2.24, 2.45) is 5.92 Å². The Kier molecular flexibility index (Phi) is 6.49. The highest BCUT2D eigenvalue weighted by molar-refractivity contribution is 5.91. The van der Waals surface area contributed by atoms with E-state index < -0.39 is 0 Å². The molecule has 2 aromatic rings. The van der Waals surface area contributed by atoms with Gasteiger partial charge in [0, 0.05) is 0 Å².